The van der Waals surface area contributed by atoms with E-state index in [1.54, 1.807) is 25.1 Å². The normalized spacial score (nSPS) is 12.1. The van der Waals surface area contributed by atoms with Gasteiger partial charge in [-0.05, 0) is 37.3 Å². The molecule has 0 aliphatic heterocycles. The first kappa shape index (κ1) is 11.9. The largest absolute Gasteiger partial charge is 0.254 e. The summed E-state index contributed by atoms with van der Waals surface area (Å²) in [4.78, 5) is 4.21. The van der Waals surface area contributed by atoms with Crippen LogP contribution in [0.5, 0.6) is 0 Å². The predicted octanol–water partition coefficient (Wildman–Crippen LogP) is 3.55. The molecule has 0 spiro atoms. The van der Waals surface area contributed by atoms with E-state index in [1.165, 1.54) is 18.2 Å². The Hall–Kier alpha value is -2.21. The van der Waals surface area contributed by atoms with Crippen LogP contribution in [0.25, 0.3) is 0 Å². The van der Waals surface area contributed by atoms with Gasteiger partial charge < -0.3 is 0 Å². The number of nitriles is 1. The van der Waals surface area contributed by atoms with Crippen LogP contribution in [-0.2, 0) is 0 Å². The zero-order valence-corrected chi connectivity index (χ0v) is 8.94. The summed E-state index contributed by atoms with van der Waals surface area (Å²) < 4.78 is 12.6. The van der Waals surface area contributed by atoms with Crippen LogP contribution in [0, 0.1) is 17.1 Å². The summed E-state index contributed by atoms with van der Waals surface area (Å²) in [6, 6.07) is 7.82. The molecule has 0 atom stereocenters. The van der Waals surface area contributed by atoms with Crippen LogP contribution in [0.1, 0.15) is 6.92 Å². The van der Waals surface area contributed by atoms with Crippen molar-refractivity contribution in [2.45, 2.75) is 6.92 Å². The van der Waals surface area contributed by atoms with Crippen LogP contribution in [-0.4, -0.2) is 5.71 Å². The van der Waals surface area contributed by atoms with Gasteiger partial charge in [0, 0.05) is 5.71 Å². The van der Waals surface area contributed by atoms with Crippen LogP contribution >= 0.6 is 0 Å². The molecule has 3 heteroatoms. The highest BCUT2D eigenvalue weighted by Gasteiger charge is 1.93. The van der Waals surface area contributed by atoms with Crippen LogP contribution in [0.4, 0.5) is 10.1 Å². The summed E-state index contributed by atoms with van der Waals surface area (Å²) in [6.45, 7) is 5.28. The predicted molar refractivity (Wildman–Crippen MR) is 63.1 cm³/mol. The molecule has 0 unspecified atom stereocenters. The van der Waals surface area contributed by atoms with Crippen molar-refractivity contribution in [2.24, 2.45) is 4.99 Å². The maximum absolute atomic E-state index is 12.6. The molecule has 0 aliphatic rings. The molecule has 1 rings (SSSR count). The average molecular weight is 214 g/mol. The van der Waals surface area contributed by atoms with E-state index >= 15 is 0 Å². The maximum Gasteiger partial charge on any atom is 0.123 e. The van der Waals surface area contributed by atoms with Gasteiger partial charge in [-0.15, -0.1) is 0 Å². The fourth-order valence-electron chi connectivity index (χ4n) is 1.11. The number of halogens is 1. The van der Waals surface area contributed by atoms with Gasteiger partial charge in [-0.25, -0.2) is 4.39 Å². The molecule has 0 heterocycles. The van der Waals surface area contributed by atoms with Crippen molar-refractivity contribution in [3.8, 4) is 6.07 Å². The standard InChI is InChI=1S/C13H11FN2/c1-3-11(9-15)8-10(2)16-13-6-4-12(14)5-7-13/h3-8H,1H2,2H3/b11-8+,16-10?. The van der Waals surface area contributed by atoms with Crippen molar-refractivity contribution in [1.29, 1.82) is 5.26 Å². The first-order chi connectivity index (χ1) is 7.65. The molecule has 2 nitrogen and oxygen atoms in total. The van der Waals surface area contributed by atoms with E-state index in [4.69, 9.17) is 5.26 Å². The van der Waals surface area contributed by atoms with Gasteiger partial charge in [0.25, 0.3) is 0 Å². The fourth-order valence-corrected chi connectivity index (χ4v) is 1.11. The van der Waals surface area contributed by atoms with Crippen molar-refractivity contribution in [1.82, 2.24) is 0 Å². The molecule has 0 saturated heterocycles. The van der Waals surface area contributed by atoms with E-state index in [9.17, 15) is 4.39 Å². The highest BCUT2D eigenvalue weighted by molar-refractivity contribution is 5.96. The van der Waals surface area contributed by atoms with Gasteiger partial charge in [0.2, 0.25) is 0 Å². The molecular weight excluding hydrogens is 203 g/mol. The van der Waals surface area contributed by atoms with Crippen LogP contribution < -0.4 is 0 Å². The minimum Gasteiger partial charge on any atom is -0.254 e. The highest BCUT2D eigenvalue weighted by Crippen LogP contribution is 2.13. The minimum absolute atomic E-state index is 0.295. The third kappa shape index (κ3) is 3.50. The second-order valence-electron chi connectivity index (χ2n) is 3.15. The topological polar surface area (TPSA) is 36.1 Å². The molecule has 0 fully saturated rings. The molecule has 0 amide bonds. The molecule has 0 aliphatic carbocycles. The summed E-state index contributed by atoms with van der Waals surface area (Å²) in [5.74, 6) is -0.295. The highest BCUT2D eigenvalue weighted by atomic mass is 19.1. The van der Waals surface area contributed by atoms with Crippen molar-refractivity contribution < 1.29 is 4.39 Å². The van der Waals surface area contributed by atoms with E-state index < -0.39 is 0 Å². The maximum atomic E-state index is 12.6. The number of allylic oxidation sites excluding steroid dienone is 3. The zero-order valence-electron chi connectivity index (χ0n) is 8.94. The zero-order chi connectivity index (χ0) is 12.0. The molecule has 1 aromatic carbocycles. The molecule has 80 valence electrons. The van der Waals surface area contributed by atoms with Crippen molar-refractivity contribution in [3.05, 3.63) is 54.4 Å². The Labute approximate surface area is 94.1 Å². The number of nitrogens with zero attached hydrogens (tertiary/aromatic N) is 2. The summed E-state index contributed by atoms with van der Waals surface area (Å²) in [7, 11) is 0. The molecule has 0 saturated carbocycles. The van der Waals surface area contributed by atoms with Crippen molar-refractivity contribution in [2.75, 3.05) is 0 Å². The van der Waals surface area contributed by atoms with Crippen LogP contribution in [0.2, 0.25) is 0 Å². The summed E-state index contributed by atoms with van der Waals surface area (Å²) in [6.07, 6.45) is 3.08. The number of hydrogen-bond acceptors (Lipinski definition) is 2. The average Bonchev–Trinajstić information content (AvgIpc) is 2.29. The Kier molecular flexibility index (Phi) is 4.16. The van der Waals surface area contributed by atoms with Gasteiger partial charge in [0.1, 0.15) is 5.82 Å². The molecular formula is C13H11FN2. The van der Waals surface area contributed by atoms with Crippen molar-refractivity contribution in [3.63, 3.8) is 0 Å². The monoisotopic (exact) mass is 214 g/mol. The summed E-state index contributed by atoms with van der Waals surface area (Å²) in [5.41, 5.74) is 1.77. The van der Waals surface area contributed by atoms with Gasteiger partial charge in [-0.2, -0.15) is 5.26 Å². The Morgan fingerprint density at radius 1 is 1.44 bits per heavy atom. The molecule has 0 aromatic heterocycles. The molecule has 1 aromatic rings. The Bertz CT molecular complexity index is 476. The molecule has 0 radical (unpaired) electrons. The lowest BCUT2D eigenvalue weighted by molar-refractivity contribution is 0.628. The Morgan fingerprint density at radius 2 is 2.06 bits per heavy atom. The lowest BCUT2D eigenvalue weighted by Crippen LogP contribution is -1.86. The number of hydrogen-bond donors (Lipinski definition) is 0. The smallest absolute Gasteiger partial charge is 0.123 e. The second kappa shape index (κ2) is 5.62. The van der Waals surface area contributed by atoms with E-state index in [2.05, 4.69) is 11.6 Å². The van der Waals surface area contributed by atoms with Gasteiger partial charge in [-0.1, -0.05) is 12.7 Å². The van der Waals surface area contributed by atoms with E-state index in [0.29, 0.717) is 17.0 Å². The third-order valence-corrected chi connectivity index (χ3v) is 1.85. The van der Waals surface area contributed by atoms with Crippen LogP contribution in [0.15, 0.2) is 53.6 Å². The first-order valence-electron chi connectivity index (χ1n) is 4.71. The fraction of sp³-hybridized carbons (Fsp3) is 0.0769. The second-order valence-corrected chi connectivity index (χ2v) is 3.15. The molecule has 0 bridgehead atoms. The van der Waals surface area contributed by atoms with Crippen LogP contribution in [0.3, 0.4) is 0 Å². The Balaban J connectivity index is 2.93. The van der Waals surface area contributed by atoms with Crippen molar-refractivity contribution >= 4 is 11.4 Å². The number of rotatable bonds is 3. The SMILES string of the molecule is C=C/C(C#N)=C\C(C)=Nc1ccc(F)cc1. The number of aliphatic imine (C=N–C) groups is 1. The van der Waals surface area contributed by atoms with Gasteiger partial charge in [0.15, 0.2) is 0 Å². The lowest BCUT2D eigenvalue weighted by Gasteiger charge is -1.95. The third-order valence-electron chi connectivity index (χ3n) is 1.85. The lowest BCUT2D eigenvalue weighted by atomic mass is 10.2. The van der Waals surface area contributed by atoms with E-state index in [-0.39, 0.29) is 5.82 Å². The van der Waals surface area contributed by atoms with Gasteiger partial charge in [-0.3, -0.25) is 4.99 Å². The van der Waals surface area contributed by atoms with E-state index in [1.807, 2.05) is 6.07 Å². The first-order valence-corrected chi connectivity index (χ1v) is 4.71. The quantitative estimate of drug-likeness (QED) is 0.430. The molecule has 0 N–H and O–H groups in total. The molecule has 16 heavy (non-hydrogen) atoms. The Morgan fingerprint density at radius 3 is 2.56 bits per heavy atom. The number of benzene rings is 1. The minimum atomic E-state index is -0.295. The summed E-state index contributed by atoms with van der Waals surface area (Å²) in [5, 5.41) is 8.68. The van der Waals surface area contributed by atoms with Gasteiger partial charge >= 0.3 is 0 Å². The van der Waals surface area contributed by atoms with E-state index in [0.717, 1.165) is 0 Å². The van der Waals surface area contributed by atoms with Gasteiger partial charge in [0.05, 0.1) is 17.3 Å². The summed E-state index contributed by atoms with van der Waals surface area (Å²) >= 11 is 0.